The lowest BCUT2D eigenvalue weighted by Gasteiger charge is -2.30. The van der Waals surface area contributed by atoms with Gasteiger partial charge in [-0.25, -0.2) is 0 Å². The lowest BCUT2D eigenvalue weighted by atomic mass is 9.96. The van der Waals surface area contributed by atoms with E-state index in [9.17, 15) is 0 Å². The Bertz CT molecular complexity index is 3420. The van der Waals surface area contributed by atoms with Crippen molar-refractivity contribution in [1.29, 1.82) is 0 Å². The fraction of sp³-hybridized carbons (Fsp3) is 0.0303. The van der Waals surface area contributed by atoms with Gasteiger partial charge >= 0.3 is 0 Å². The average Bonchev–Trinajstić information content (AvgIpc) is 3.43. The van der Waals surface area contributed by atoms with Crippen molar-refractivity contribution in [2.45, 2.75) is 12.8 Å². The maximum absolute atomic E-state index is 2.37. The molecule has 0 amide bonds. The van der Waals surface area contributed by atoms with Crippen LogP contribution in [0.1, 0.15) is 11.1 Å². The minimum absolute atomic E-state index is 0.952. The summed E-state index contributed by atoms with van der Waals surface area (Å²) < 4.78 is 0. The molecule has 11 aromatic rings. The molecule has 0 spiro atoms. The van der Waals surface area contributed by atoms with Crippen LogP contribution in [0.4, 0.5) is 68.2 Å². The number of fused-ring (bicyclic) bond motifs is 3. The highest BCUT2D eigenvalue weighted by atomic mass is 15.2. The van der Waals surface area contributed by atoms with Gasteiger partial charge in [0.05, 0.1) is 0 Å². The molecule has 0 unspecified atom stereocenters. The van der Waals surface area contributed by atoms with E-state index in [-0.39, 0.29) is 0 Å². The number of allylic oxidation sites excluding steroid dienone is 2. The van der Waals surface area contributed by atoms with Gasteiger partial charge in [-0.05, 0) is 191 Å². The zero-order chi connectivity index (χ0) is 46.6. The molecular weight excluding hydrogens is 849 g/mol. The van der Waals surface area contributed by atoms with Crippen molar-refractivity contribution in [3.8, 4) is 0 Å². The highest BCUT2D eigenvalue weighted by Gasteiger charge is 2.21. The van der Waals surface area contributed by atoms with E-state index in [1.54, 1.807) is 0 Å². The Labute approximate surface area is 410 Å². The van der Waals surface area contributed by atoms with Crippen LogP contribution in [0.2, 0.25) is 0 Å². The Morgan fingerprint density at radius 2 is 0.443 bits per heavy atom. The molecule has 0 N–H and O–H groups in total. The number of hydrogen-bond donors (Lipinski definition) is 0. The lowest BCUT2D eigenvalue weighted by molar-refractivity contribution is 1.09. The molecule has 1 aliphatic rings. The van der Waals surface area contributed by atoms with E-state index in [0.29, 0.717) is 0 Å². The monoisotopic (exact) mass is 898 g/mol. The van der Waals surface area contributed by atoms with Crippen LogP contribution < -0.4 is 19.6 Å². The zero-order valence-corrected chi connectivity index (χ0v) is 38.8. The molecule has 4 heteroatoms. The van der Waals surface area contributed by atoms with Gasteiger partial charge < -0.3 is 19.6 Å². The molecular formula is C66H50N4. The van der Waals surface area contributed by atoms with Crippen molar-refractivity contribution in [3.05, 3.63) is 290 Å². The molecule has 0 aromatic heterocycles. The molecule has 0 bridgehead atoms. The van der Waals surface area contributed by atoms with Gasteiger partial charge in [0.2, 0.25) is 0 Å². The standard InChI is InChI=1S/C66H50N4/c1-4-22-55(23-5-1)68(64-31-28-49-16-10-13-19-52(49)46-64)61-40-34-58(35-41-61)67(59-36-42-62(43-37-59)69(56-24-6-2-7-25-56)65-32-29-50-17-11-14-20-53(50)47-65)60-38-44-63(45-39-60)70(57-26-8-3-9-27-57)66-33-30-51-18-12-15-21-54(51)48-66/h1-17,19-20,22-48H,18,21H2. The van der Waals surface area contributed by atoms with Gasteiger partial charge in [0.25, 0.3) is 0 Å². The van der Waals surface area contributed by atoms with Crippen LogP contribution in [0.5, 0.6) is 0 Å². The fourth-order valence-corrected chi connectivity index (χ4v) is 9.97. The number of anilines is 12. The molecule has 0 aliphatic heterocycles. The summed E-state index contributed by atoms with van der Waals surface area (Å²) in [5.41, 5.74) is 15.8. The fourth-order valence-electron chi connectivity index (χ4n) is 9.97. The topological polar surface area (TPSA) is 13.0 Å². The average molecular weight is 899 g/mol. The summed E-state index contributed by atoms with van der Waals surface area (Å²) in [6.45, 7) is 0. The second kappa shape index (κ2) is 18.9. The molecule has 334 valence electrons. The second-order valence-corrected chi connectivity index (χ2v) is 17.8. The predicted octanol–water partition coefficient (Wildman–Crippen LogP) is 18.5. The molecule has 0 heterocycles. The minimum atomic E-state index is 0.952. The number of rotatable bonds is 12. The van der Waals surface area contributed by atoms with Crippen LogP contribution >= 0.6 is 0 Å². The predicted molar refractivity (Wildman–Crippen MR) is 297 cm³/mol. The second-order valence-electron chi connectivity index (χ2n) is 17.8. The van der Waals surface area contributed by atoms with Crippen LogP contribution in [0.15, 0.2) is 279 Å². The molecule has 0 saturated heterocycles. The van der Waals surface area contributed by atoms with E-state index < -0.39 is 0 Å². The maximum atomic E-state index is 2.37. The smallest absolute Gasteiger partial charge is 0.0468 e. The van der Waals surface area contributed by atoms with E-state index in [1.165, 1.54) is 32.7 Å². The van der Waals surface area contributed by atoms with Gasteiger partial charge in [0, 0.05) is 68.2 Å². The van der Waals surface area contributed by atoms with E-state index in [2.05, 4.69) is 299 Å². The van der Waals surface area contributed by atoms with Gasteiger partial charge in [-0.2, -0.15) is 0 Å². The summed E-state index contributed by atoms with van der Waals surface area (Å²) in [7, 11) is 0. The zero-order valence-electron chi connectivity index (χ0n) is 38.8. The summed E-state index contributed by atoms with van der Waals surface area (Å²) in [4.78, 5) is 9.40. The summed E-state index contributed by atoms with van der Waals surface area (Å²) in [6.07, 6.45) is 6.49. The highest BCUT2D eigenvalue weighted by molar-refractivity contribution is 5.92. The third-order valence-electron chi connectivity index (χ3n) is 13.4. The van der Waals surface area contributed by atoms with Crippen LogP contribution in [-0.2, 0) is 12.8 Å². The largest absolute Gasteiger partial charge is 0.310 e. The van der Waals surface area contributed by atoms with E-state index in [0.717, 1.165) is 81.1 Å². The van der Waals surface area contributed by atoms with Crippen molar-refractivity contribution in [1.82, 2.24) is 0 Å². The summed E-state index contributed by atoms with van der Waals surface area (Å²) in [5.74, 6) is 0. The molecule has 4 nitrogen and oxygen atoms in total. The van der Waals surface area contributed by atoms with Crippen molar-refractivity contribution in [2.24, 2.45) is 0 Å². The Morgan fingerprint density at radius 1 is 0.186 bits per heavy atom. The maximum Gasteiger partial charge on any atom is 0.0468 e. The quantitative estimate of drug-likeness (QED) is 0.113. The normalized spacial score (nSPS) is 11.8. The first-order valence-corrected chi connectivity index (χ1v) is 24.1. The van der Waals surface area contributed by atoms with Gasteiger partial charge in [-0.1, -0.05) is 133 Å². The highest BCUT2D eigenvalue weighted by Crippen LogP contribution is 2.44. The summed E-state index contributed by atoms with van der Waals surface area (Å²) >= 11 is 0. The van der Waals surface area contributed by atoms with Crippen molar-refractivity contribution in [3.63, 3.8) is 0 Å². The molecule has 70 heavy (non-hydrogen) atoms. The molecule has 0 saturated carbocycles. The summed E-state index contributed by atoms with van der Waals surface area (Å²) in [6, 6.07) is 96.4. The molecule has 11 aromatic carbocycles. The first kappa shape index (κ1) is 42.2. The number of nitrogens with zero attached hydrogens (tertiary/aromatic N) is 4. The van der Waals surface area contributed by atoms with Crippen molar-refractivity contribution >= 4 is 89.8 Å². The van der Waals surface area contributed by atoms with E-state index in [4.69, 9.17) is 0 Å². The molecule has 0 fully saturated rings. The minimum Gasteiger partial charge on any atom is -0.310 e. The SMILES string of the molecule is C1=CCc2cc(N(c3ccccc3)c3ccc(N(c4ccc(N(c5ccccc5)c5ccc6ccccc6c5)cc4)c4ccc(N(c5ccccc5)c5ccc6ccccc6c5)cc4)cc3)ccc2C1. The molecule has 0 atom stereocenters. The van der Waals surface area contributed by atoms with Crippen LogP contribution in [0.3, 0.4) is 0 Å². The van der Waals surface area contributed by atoms with Crippen molar-refractivity contribution < 1.29 is 0 Å². The van der Waals surface area contributed by atoms with Gasteiger partial charge in [0.1, 0.15) is 0 Å². The molecule has 12 rings (SSSR count). The number of benzene rings is 11. The molecule has 0 radical (unpaired) electrons. The first-order valence-electron chi connectivity index (χ1n) is 24.1. The van der Waals surface area contributed by atoms with Crippen LogP contribution in [0.25, 0.3) is 21.5 Å². The first-order chi connectivity index (χ1) is 34.7. The molecule has 1 aliphatic carbocycles. The number of para-hydroxylation sites is 3. The van der Waals surface area contributed by atoms with Gasteiger partial charge in [-0.15, -0.1) is 0 Å². The Kier molecular flexibility index (Phi) is 11.4. The van der Waals surface area contributed by atoms with Crippen molar-refractivity contribution in [2.75, 3.05) is 19.6 Å². The third-order valence-corrected chi connectivity index (χ3v) is 13.4. The van der Waals surface area contributed by atoms with Crippen LogP contribution in [0, 0.1) is 0 Å². The van der Waals surface area contributed by atoms with Gasteiger partial charge in [-0.3, -0.25) is 0 Å². The third kappa shape index (κ3) is 8.44. The Hall–Kier alpha value is -9.12. The van der Waals surface area contributed by atoms with E-state index >= 15 is 0 Å². The Balaban J connectivity index is 0.956. The number of hydrogen-bond acceptors (Lipinski definition) is 4. The Morgan fingerprint density at radius 3 is 0.814 bits per heavy atom. The van der Waals surface area contributed by atoms with Gasteiger partial charge in [0.15, 0.2) is 0 Å². The van der Waals surface area contributed by atoms with E-state index in [1.807, 2.05) is 0 Å². The lowest BCUT2D eigenvalue weighted by Crippen LogP contribution is -2.14. The van der Waals surface area contributed by atoms with Crippen LogP contribution in [-0.4, -0.2) is 0 Å². The summed E-state index contributed by atoms with van der Waals surface area (Å²) in [5, 5.41) is 4.85.